The van der Waals surface area contributed by atoms with Crippen molar-refractivity contribution >= 4 is 5.91 Å². The van der Waals surface area contributed by atoms with E-state index in [4.69, 9.17) is 18.6 Å². The number of hydrogen-bond donors (Lipinski definition) is 1. The molecule has 140 valence electrons. The van der Waals surface area contributed by atoms with Crippen LogP contribution in [0.4, 0.5) is 0 Å². The van der Waals surface area contributed by atoms with Crippen LogP contribution >= 0.6 is 0 Å². The highest BCUT2D eigenvalue weighted by atomic mass is 16.5. The Morgan fingerprint density at radius 2 is 1.85 bits per heavy atom. The number of methoxy groups -OCH3 is 2. The molecular weight excluding hydrogens is 350 g/mol. The zero-order chi connectivity index (χ0) is 19.1. The van der Waals surface area contributed by atoms with E-state index in [1.807, 2.05) is 12.1 Å². The molecule has 0 aliphatic heterocycles. The normalized spacial score (nSPS) is 10.3. The number of rotatable bonds is 8. The van der Waals surface area contributed by atoms with Gasteiger partial charge in [0.25, 0.3) is 5.91 Å². The number of ether oxygens (including phenoxy) is 3. The van der Waals surface area contributed by atoms with Crippen molar-refractivity contribution in [2.75, 3.05) is 20.8 Å². The number of carbonyl (C=O) groups is 1. The fourth-order valence-corrected chi connectivity index (χ4v) is 2.38. The van der Waals surface area contributed by atoms with E-state index >= 15 is 0 Å². The zero-order valence-electron chi connectivity index (χ0n) is 15.0. The molecule has 1 aromatic heterocycles. The smallest absolute Gasteiger partial charge is 0.258 e. The van der Waals surface area contributed by atoms with Crippen molar-refractivity contribution in [1.82, 2.24) is 15.5 Å². The Labute approximate surface area is 156 Å². The zero-order valence-corrected chi connectivity index (χ0v) is 15.0. The molecule has 0 atom stereocenters. The lowest BCUT2D eigenvalue weighted by molar-refractivity contribution is -0.123. The van der Waals surface area contributed by atoms with Crippen LogP contribution in [0.5, 0.6) is 17.2 Å². The van der Waals surface area contributed by atoms with E-state index < -0.39 is 0 Å². The van der Waals surface area contributed by atoms with Crippen LogP contribution in [0.3, 0.4) is 0 Å². The molecule has 0 saturated carbocycles. The fraction of sp³-hybridized carbons (Fsp3) is 0.211. The molecule has 0 fully saturated rings. The Morgan fingerprint density at radius 3 is 2.52 bits per heavy atom. The molecule has 0 bridgehead atoms. The first-order valence-electron chi connectivity index (χ1n) is 8.16. The fourth-order valence-electron chi connectivity index (χ4n) is 2.38. The molecular formula is C19H19N3O5. The van der Waals surface area contributed by atoms with Gasteiger partial charge in [-0.25, -0.2) is 0 Å². The highest BCUT2D eigenvalue weighted by molar-refractivity contribution is 5.77. The minimum Gasteiger partial charge on any atom is -0.493 e. The largest absolute Gasteiger partial charge is 0.493 e. The van der Waals surface area contributed by atoms with E-state index in [1.165, 1.54) is 6.39 Å². The third-order valence-electron chi connectivity index (χ3n) is 3.77. The van der Waals surface area contributed by atoms with Gasteiger partial charge in [-0.3, -0.25) is 4.79 Å². The van der Waals surface area contributed by atoms with Crippen LogP contribution < -0.4 is 19.5 Å². The van der Waals surface area contributed by atoms with Gasteiger partial charge in [0.2, 0.25) is 12.3 Å². The summed E-state index contributed by atoms with van der Waals surface area (Å²) in [7, 11) is 3.14. The van der Waals surface area contributed by atoms with Gasteiger partial charge in [0, 0.05) is 12.1 Å². The summed E-state index contributed by atoms with van der Waals surface area (Å²) in [4.78, 5) is 12.0. The summed E-state index contributed by atoms with van der Waals surface area (Å²) in [5.41, 5.74) is 1.67. The summed E-state index contributed by atoms with van der Waals surface area (Å²) in [5.74, 6) is 2.02. The van der Waals surface area contributed by atoms with Crippen LogP contribution in [-0.2, 0) is 11.3 Å². The lowest BCUT2D eigenvalue weighted by Gasteiger charge is -2.11. The molecule has 8 nitrogen and oxygen atoms in total. The molecule has 0 aliphatic carbocycles. The minimum atomic E-state index is -0.231. The molecule has 3 rings (SSSR count). The predicted octanol–water partition coefficient (Wildman–Crippen LogP) is 2.45. The molecule has 0 unspecified atom stereocenters. The Balaban J connectivity index is 1.48. The number of nitrogens with one attached hydrogen (secondary N) is 1. The van der Waals surface area contributed by atoms with Crippen molar-refractivity contribution in [3.63, 3.8) is 0 Å². The first-order valence-corrected chi connectivity index (χ1v) is 8.16. The lowest BCUT2D eigenvalue weighted by atomic mass is 10.2. The Hall–Kier alpha value is -3.55. The molecule has 2 aromatic carbocycles. The highest BCUT2D eigenvalue weighted by Crippen LogP contribution is 2.27. The van der Waals surface area contributed by atoms with Gasteiger partial charge in [-0.1, -0.05) is 6.07 Å². The molecule has 0 saturated heterocycles. The van der Waals surface area contributed by atoms with E-state index in [-0.39, 0.29) is 12.5 Å². The molecule has 0 radical (unpaired) electrons. The van der Waals surface area contributed by atoms with E-state index in [0.29, 0.717) is 29.7 Å². The summed E-state index contributed by atoms with van der Waals surface area (Å²) in [6.45, 7) is 0.270. The third-order valence-corrected chi connectivity index (χ3v) is 3.77. The average molecular weight is 369 g/mol. The summed E-state index contributed by atoms with van der Waals surface area (Å²) in [5, 5.41) is 10.3. The number of amides is 1. The van der Waals surface area contributed by atoms with Gasteiger partial charge in [-0.05, 0) is 42.0 Å². The van der Waals surface area contributed by atoms with Crippen LogP contribution in [-0.4, -0.2) is 36.9 Å². The molecule has 1 heterocycles. The van der Waals surface area contributed by atoms with Crippen molar-refractivity contribution in [3.8, 4) is 28.7 Å². The summed E-state index contributed by atoms with van der Waals surface area (Å²) in [6, 6.07) is 12.5. The molecule has 8 heteroatoms. The number of benzene rings is 2. The molecule has 0 spiro atoms. The number of nitrogens with zero attached hydrogens (tertiary/aromatic N) is 2. The maximum absolute atomic E-state index is 12.0. The second-order valence-electron chi connectivity index (χ2n) is 5.52. The van der Waals surface area contributed by atoms with Crippen LogP contribution in [0.15, 0.2) is 53.3 Å². The highest BCUT2D eigenvalue weighted by Gasteiger charge is 2.08. The number of aromatic nitrogens is 2. The maximum atomic E-state index is 12.0. The van der Waals surface area contributed by atoms with Gasteiger partial charge >= 0.3 is 0 Å². The summed E-state index contributed by atoms with van der Waals surface area (Å²) >= 11 is 0. The van der Waals surface area contributed by atoms with Crippen molar-refractivity contribution in [2.24, 2.45) is 0 Å². The van der Waals surface area contributed by atoms with Crippen molar-refractivity contribution < 1.29 is 23.4 Å². The van der Waals surface area contributed by atoms with Crippen molar-refractivity contribution in [3.05, 3.63) is 54.4 Å². The average Bonchev–Trinajstić information content (AvgIpc) is 3.25. The minimum absolute atomic E-state index is 0.0901. The van der Waals surface area contributed by atoms with Crippen LogP contribution in [0.25, 0.3) is 11.5 Å². The molecule has 0 aliphatic rings. The van der Waals surface area contributed by atoms with Crippen LogP contribution in [0, 0.1) is 0 Å². The monoisotopic (exact) mass is 369 g/mol. The molecule has 27 heavy (non-hydrogen) atoms. The van der Waals surface area contributed by atoms with Crippen molar-refractivity contribution in [2.45, 2.75) is 6.54 Å². The van der Waals surface area contributed by atoms with Gasteiger partial charge in [-0.2, -0.15) is 0 Å². The van der Waals surface area contributed by atoms with Gasteiger partial charge in [0.05, 0.1) is 14.2 Å². The standard InChI is InChI=1S/C19H19N3O5/c1-24-16-8-3-13(9-17(16)25-2)10-20-18(23)11-26-15-6-4-14(5-7-15)19-22-21-12-27-19/h3-9,12H,10-11H2,1-2H3,(H,20,23). The topological polar surface area (TPSA) is 95.7 Å². The second-order valence-corrected chi connectivity index (χ2v) is 5.52. The molecule has 3 aromatic rings. The SMILES string of the molecule is COc1ccc(CNC(=O)COc2ccc(-c3nnco3)cc2)cc1OC. The quantitative estimate of drug-likeness (QED) is 0.651. The van der Waals surface area contributed by atoms with E-state index in [1.54, 1.807) is 44.6 Å². The molecule has 1 N–H and O–H groups in total. The predicted molar refractivity (Wildman–Crippen MR) is 96.6 cm³/mol. The third kappa shape index (κ3) is 4.75. The Kier molecular flexibility index (Phi) is 5.88. The number of hydrogen-bond acceptors (Lipinski definition) is 7. The first-order chi connectivity index (χ1) is 13.2. The van der Waals surface area contributed by atoms with Gasteiger partial charge in [0.15, 0.2) is 18.1 Å². The maximum Gasteiger partial charge on any atom is 0.258 e. The van der Waals surface area contributed by atoms with Crippen LogP contribution in [0.2, 0.25) is 0 Å². The van der Waals surface area contributed by atoms with E-state index in [0.717, 1.165) is 11.1 Å². The van der Waals surface area contributed by atoms with Crippen LogP contribution in [0.1, 0.15) is 5.56 Å². The molecule has 1 amide bonds. The van der Waals surface area contributed by atoms with Gasteiger partial charge < -0.3 is 23.9 Å². The summed E-state index contributed by atoms with van der Waals surface area (Å²) < 4.78 is 21.0. The first kappa shape index (κ1) is 18.2. The van der Waals surface area contributed by atoms with Crippen molar-refractivity contribution in [1.29, 1.82) is 0 Å². The van der Waals surface area contributed by atoms with E-state index in [2.05, 4.69) is 15.5 Å². The lowest BCUT2D eigenvalue weighted by Crippen LogP contribution is -2.28. The second kappa shape index (κ2) is 8.70. The Bertz CT molecular complexity index is 879. The van der Waals surface area contributed by atoms with Gasteiger partial charge in [0.1, 0.15) is 5.75 Å². The van der Waals surface area contributed by atoms with Gasteiger partial charge in [-0.15, -0.1) is 10.2 Å². The Morgan fingerprint density at radius 1 is 1.07 bits per heavy atom. The summed E-state index contributed by atoms with van der Waals surface area (Å²) in [6.07, 6.45) is 1.27. The number of carbonyl (C=O) groups excluding carboxylic acids is 1. The van der Waals surface area contributed by atoms with E-state index in [9.17, 15) is 4.79 Å².